The van der Waals surface area contributed by atoms with E-state index in [4.69, 9.17) is 0 Å². The molecule has 3 rings (SSSR count). The summed E-state index contributed by atoms with van der Waals surface area (Å²) >= 11 is 0. The van der Waals surface area contributed by atoms with Crippen molar-refractivity contribution in [2.24, 2.45) is 0 Å². The SMILES string of the molecule is Cc1n[nH]c(C)c1S(=O)(=O)Nc1cnc(N2CCCCC2)nc1N(C)C. The monoisotopic (exact) mass is 379 g/mol. The van der Waals surface area contributed by atoms with Crippen molar-refractivity contribution in [2.45, 2.75) is 38.0 Å². The van der Waals surface area contributed by atoms with Gasteiger partial charge in [-0.25, -0.2) is 13.4 Å². The second-order valence-electron chi connectivity index (χ2n) is 6.72. The van der Waals surface area contributed by atoms with Crippen LogP contribution >= 0.6 is 0 Å². The number of sulfonamides is 1. The van der Waals surface area contributed by atoms with Crippen LogP contribution in [0.4, 0.5) is 17.5 Å². The number of hydrogen-bond acceptors (Lipinski definition) is 7. The first kappa shape index (κ1) is 18.4. The average Bonchev–Trinajstić information content (AvgIpc) is 2.95. The van der Waals surface area contributed by atoms with Crippen LogP contribution in [0.2, 0.25) is 0 Å². The number of aryl methyl sites for hydroxylation is 2. The van der Waals surface area contributed by atoms with Crippen LogP contribution in [-0.2, 0) is 10.0 Å². The summed E-state index contributed by atoms with van der Waals surface area (Å²) in [6.45, 7) is 5.18. The second-order valence-corrected chi connectivity index (χ2v) is 8.34. The lowest BCUT2D eigenvalue weighted by atomic mass is 10.1. The molecule has 0 radical (unpaired) electrons. The Hall–Kier alpha value is -2.36. The second kappa shape index (κ2) is 7.10. The van der Waals surface area contributed by atoms with Gasteiger partial charge >= 0.3 is 0 Å². The maximum atomic E-state index is 12.8. The minimum atomic E-state index is -3.79. The fourth-order valence-electron chi connectivity index (χ4n) is 3.16. The molecule has 1 aliphatic rings. The number of piperidine rings is 1. The Morgan fingerprint density at radius 2 is 1.88 bits per heavy atom. The Morgan fingerprint density at radius 3 is 2.46 bits per heavy atom. The minimum absolute atomic E-state index is 0.155. The summed E-state index contributed by atoms with van der Waals surface area (Å²) in [5.41, 5.74) is 1.26. The molecule has 142 valence electrons. The molecule has 0 aliphatic carbocycles. The van der Waals surface area contributed by atoms with Gasteiger partial charge in [0.25, 0.3) is 10.0 Å². The Morgan fingerprint density at radius 1 is 1.19 bits per heavy atom. The van der Waals surface area contributed by atoms with Gasteiger partial charge in [-0.05, 0) is 33.1 Å². The maximum Gasteiger partial charge on any atom is 0.265 e. The zero-order chi connectivity index (χ0) is 18.9. The molecule has 10 heteroatoms. The number of hydrogen-bond donors (Lipinski definition) is 2. The summed E-state index contributed by atoms with van der Waals surface area (Å²) in [5, 5.41) is 6.67. The Kier molecular flexibility index (Phi) is 5.03. The molecule has 2 N–H and O–H groups in total. The Labute approximate surface area is 153 Å². The van der Waals surface area contributed by atoms with Crippen molar-refractivity contribution >= 4 is 27.5 Å². The predicted molar refractivity (Wildman–Crippen MR) is 101 cm³/mol. The molecule has 9 nitrogen and oxygen atoms in total. The zero-order valence-corrected chi connectivity index (χ0v) is 16.4. The molecule has 0 unspecified atom stereocenters. The van der Waals surface area contributed by atoms with Gasteiger partial charge in [0.2, 0.25) is 5.95 Å². The van der Waals surface area contributed by atoms with Gasteiger partial charge in [-0.2, -0.15) is 10.1 Å². The van der Waals surface area contributed by atoms with E-state index in [0.29, 0.717) is 28.8 Å². The van der Waals surface area contributed by atoms with Gasteiger partial charge in [0.05, 0.1) is 17.6 Å². The predicted octanol–water partition coefficient (Wildman–Crippen LogP) is 1.67. The first-order valence-corrected chi connectivity index (χ1v) is 10.1. The van der Waals surface area contributed by atoms with Crippen molar-refractivity contribution in [3.8, 4) is 0 Å². The maximum absolute atomic E-state index is 12.8. The minimum Gasteiger partial charge on any atom is -0.361 e. The van der Waals surface area contributed by atoms with E-state index < -0.39 is 10.0 Å². The highest BCUT2D eigenvalue weighted by atomic mass is 32.2. The summed E-state index contributed by atoms with van der Waals surface area (Å²) in [6, 6.07) is 0. The van der Waals surface area contributed by atoms with E-state index in [0.717, 1.165) is 25.9 Å². The van der Waals surface area contributed by atoms with Gasteiger partial charge < -0.3 is 9.80 Å². The molecule has 0 atom stereocenters. The van der Waals surface area contributed by atoms with Gasteiger partial charge in [0, 0.05) is 27.2 Å². The van der Waals surface area contributed by atoms with Crippen LogP contribution in [0, 0.1) is 13.8 Å². The first-order chi connectivity index (χ1) is 12.3. The highest BCUT2D eigenvalue weighted by Crippen LogP contribution is 2.28. The molecular formula is C16H25N7O2S. The number of aromatic amines is 1. The molecule has 0 aromatic carbocycles. The Bertz CT molecular complexity index is 866. The van der Waals surface area contributed by atoms with Crippen LogP contribution < -0.4 is 14.5 Å². The third kappa shape index (κ3) is 3.59. The number of anilines is 3. The lowest BCUT2D eigenvalue weighted by Gasteiger charge is -2.28. The number of aromatic nitrogens is 4. The van der Waals surface area contributed by atoms with Crippen molar-refractivity contribution in [1.29, 1.82) is 0 Å². The molecule has 26 heavy (non-hydrogen) atoms. The average molecular weight is 379 g/mol. The van der Waals surface area contributed by atoms with E-state index in [2.05, 4.69) is 29.8 Å². The third-order valence-electron chi connectivity index (χ3n) is 4.39. The zero-order valence-electron chi connectivity index (χ0n) is 15.6. The molecule has 0 amide bonds. The summed E-state index contributed by atoms with van der Waals surface area (Å²) in [5.74, 6) is 1.16. The highest BCUT2D eigenvalue weighted by molar-refractivity contribution is 7.92. The smallest absolute Gasteiger partial charge is 0.265 e. The number of H-pyrrole nitrogens is 1. The summed E-state index contributed by atoms with van der Waals surface area (Å²) < 4.78 is 28.2. The van der Waals surface area contributed by atoms with Gasteiger partial charge in [0.15, 0.2) is 5.82 Å². The summed E-state index contributed by atoms with van der Waals surface area (Å²) in [4.78, 5) is 13.1. The molecule has 0 bridgehead atoms. The first-order valence-electron chi connectivity index (χ1n) is 8.63. The van der Waals surface area contributed by atoms with Crippen molar-refractivity contribution in [3.05, 3.63) is 17.6 Å². The molecule has 1 aliphatic heterocycles. The molecule has 3 heterocycles. The standard InChI is InChI=1S/C16H25N7O2S/c1-11-14(12(2)20-19-11)26(24,25)21-13-10-17-16(18-15(13)22(3)4)23-8-6-5-7-9-23/h10,21H,5-9H2,1-4H3,(H,19,20). The van der Waals surface area contributed by atoms with Gasteiger partial charge in [-0.1, -0.05) is 0 Å². The van der Waals surface area contributed by atoms with Crippen LogP contribution in [0.5, 0.6) is 0 Å². The summed E-state index contributed by atoms with van der Waals surface area (Å²) in [6.07, 6.45) is 5.00. The fourth-order valence-corrected chi connectivity index (χ4v) is 4.57. The van der Waals surface area contributed by atoms with Gasteiger partial charge in [-0.15, -0.1) is 0 Å². The van der Waals surface area contributed by atoms with Gasteiger partial charge in [-0.3, -0.25) is 9.82 Å². The topological polar surface area (TPSA) is 107 Å². The molecule has 0 spiro atoms. The lowest BCUT2D eigenvalue weighted by Crippen LogP contribution is -2.31. The normalized spacial score (nSPS) is 15.2. The number of rotatable bonds is 5. The van der Waals surface area contributed by atoms with E-state index in [9.17, 15) is 8.42 Å². The quantitative estimate of drug-likeness (QED) is 0.814. The molecule has 1 fully saturated rings. The number of nitrogens with zero attached hydrogens (tertiary/aromatic N) is 5. The van der Waals surface area contributed by atoms with Crippen molar-refractivity contribution < 1.29 is 8.42 Å². The number of nitrogens with one attached hydrogen (secondary N) is 2. The van der Waals surface area contributed by atoms with Crippen LogP contribution in [0.25, 0.3) is 0 Å². The van der Waals surface area contributed by atoms with Crippen LogP contribution in [0.3, 0.4) is 0 Å². The molecule has 1 saturated heterocycles. The van der Waals surface area contributed by atoms with E-state index in [1.165, 1.54) is 12.6 Å². The Balaban J connectivity index is 1.94. The fraction of sp³-hybridized carbons (Fsp3) is 0.562. The van der Waals surface area contributed by atoms with E-state index in [1.54, 1.807) is 18.7 Å². The molecule has 2 aromatic rings. The van der Waals surface area contributed by atoms with Crippen molar-refractivity contribution in [1.82, 2.24) is 20.2 Å². The molecule has 2 aromatic heterocycles. The van der Waals surface area contributed by atoms with E-state index in [-0.39, 0.29) is 4.90 Å². The van der Waals surface area contributed by atoms with Crippen LogP contribution in [-0.4, -0.2) is 55.8 Å². The van der Waals surface area contributed by atoms with Crippen molar-refractivity contribution in [2.75, 3.05) is 41.7 Å². The third-order valence-corrected chi connectivity index (χ3v) is 6.02. The van der Waals surface area contributed by atoms with E-state index >= 15 is 0 Å². The largest absolute Gasteiger partial charge is 0.361 e. The van der Waals surface area contributed by atoms with Crippen LogP contribution in [0.15, 0.2) is 11.1 Å². The van der Waals surface area contributed by atoms with Gasteiger partial charge in [0.1, 0.15) is 10.6 Å². The highest BCUT2D eigenvalue weighted by Gasteiger charge is 2.25. The lowest BCUT2D eigenvalue weighted by molar-refractivity contribution is 0.568. The van der Waals surface area contributed by atoms with E-state index in [1.807, 2.05) is 14.1 Å². The molecule has 0 saturated carbocycles. The van der Waals surface area contributed by atoms with Crippen molar-refractivity contribution in [3.63, 3.8) is 0 Å². The summed E-state index contributed by atoms with van der Waals surface area (Å²) in [7, 11) is -0.133. The molecular weight excluding hydrogens is 354 g/mol. The van der Waals surface area contributed by atoms with Crippen LogP contribution in [0.1, 0.15) is 30.7 Å².